The first kappa shape index (κ1) is 10.0. The summed E-state index contributed by atoms with van der Waals surface area (Å²) in [5, 5.41) is 3.58. The van der Waals surface area contributed by atoms with Crippen molar-refractivity contribution < 1.29 is 0 Å². The van der Waals surface area contributed by atoms with Gasteiger partial charge in [-0.2, -0.15) is 0 Å². The Morgan fingerprint density at radius 2 is 2.17 bits per heavy atom. The van der Waals surface area contributed by atoms with Crippen LogP contribution >= 0.6 is 0 Å². The monoisotopic (exact) mass is 169 g/mol. The fraction of sp³-hybridized carbons (Fsp3) is 1.00. The van der Waals surface area contributed by atoms with Crippen molar-refractivity contribution >= 4 is 0 Å². The highest BCUT2D eigenvalue weighted by molar-refractivity contribution is 4.77. The predicted molar refractivity (Wildman–Crippen MR) is 54.3 cm³/mol. The van der Waals surface area contributed by atoms with Gasteiger partial charge in [-0.1, -0.05) is 27.2 Å². The van der Waals surface area contributed by atoms with E-state index in [1.165, 1.54) is 32.2 Å². The van der Waals surface area contributed by atoms with Crippen LogP contribution in [0.1, 0.15) is 46.5 Å². The molecule has 0 aromatic rings. The van der Waals surface area contributed by atoms with E-state index >= 15 is 0 Å². The molecule has 0 spiro atoms. The Morgan fingerprint density at radius 1 is 1.42 bits per heavy atom. The minimum atomic E-state index is 0.831. The van der Waals surface area contributed by atoms with Crippen molar-refractivity contribution in [3.05, 3.63) is 0 Å². The van der Waals surface area contributed by atoms with Crippen LogP contribution in [-0.2, 0) is 0 Å². The van der Waals surface area contributed by atoms with Crippen LogP contribution in [-0.4, -0.2) is 12.6 Å². The van der Waals surface area contributed by atoms with E-state index in [0.29, 0.717) is 0 Å². The minimum Gasteiger partial charge on any atom is -0.314 e. The summed E-state index contributed by atoms with van der Waals surface area (Å²) < 4.78 is 0. The molecule has 1 heterocycles. The van der Waals surface area contributed by atoms with Gasteiger partial charge in [0, 0.05) is 6.04 Å². The van der Waals surface area contributed by atoms with Crippen molar-refractivity contribution in [3.63, 3.8) is 0 Å². The second-order valence-electron chi connectivity index (χ2n) is 4.44. The molecule has 0 aliphatic carbocycles. The molecule has 1 aliphatic heterocycles. The fourth-order valence-electron chi connectivity index (χ4n) is 2.23. The van der Waals surface area contributed by atoms with Gasteiger partial charge in [0.15, 0.2) is 0 Å². The molecule has 0 aromatic carbocycles. The standard InChI is InChI=1S/C11H23N/c1-4-10(9(2)3)8-11-6-5-7-12-11/h9-12H,4-8H2,1-3H3. The lowest BCUT2D eigenvalue weighted by Gasteiger charge is -2.22. The van der Waals surface area contributed by atoms with Gasteiger partial charge >= 0.3 is 0 Å². The third kappa shape index (κ3) is 2.78. The molecule has 12 heavy (non-hydrogen) atoms. The van der Waals surface area contributed by atoms with Crippen molar-refractivity contribution in [1.82, 2.24) is 5.32 Å². The third-order valence-electron chi connectivity index (χ3n) is 3.22. The maximum Gasteiger partial charge on any atom is 0.00702 e. The summed E-state index contributed by atoms with van der Waals surface area (Å²) in [6, 6.07) is 0.831. The third-order valence-corrected chi connectivity index (χ3v) is 3.22. The van der Waals surface area contributed by atoms with Crippen LogP contribution in [0.25, 0.3) is 0 Å². The number of hydrogen-bond donors (Lipinski definition) is 1. The Labute approximate surface area is 76.9 Å². The number of rotatable bonds is 4. The molecule has 1 N–H and O–H groups in total. The maximum atomic E-state index is 3.58. The molecule has 0 amide bonds. The summed E-state index contributed by atoms with van der Waals surface area (Å²) in [5.74, 6) is 1.79. The molecule has 0 bridgehead atoms. The van der Waals surface area contributed by atoms with Crippen molar-refractivity contribution in [2.45, 2.75) is 52.5 Å². The Balaban J connectivity index is 2.26. The molecule has 0 radical (unpaired) electrons. The molecule has 0 aromatic heterocycles. The van der Waals surface area contributed by atoms with E-state index in [9.17, 15) is 0 Å². The predicted octanol–water partition coefficient (Wildman–Crippen LogP) is 2.81. The highest BCUT2D eigenvalue weighted by Gasteiger charge is 2.20. The number of nitrogens with one attached hydrogen (secondary N) is 1. The molecule has 1 nitrogen and oxygen atoms in total. The summed E-state index contributed by atoms with van der Waals surface area (Å²) in [5.41, 5.74) is 0. The van der Waals surface area contributed by atoms with E-state index in [0.717, 1.165) is 17.9 Å². The summed E-state index contributed by atoms with van der Waals surface area (Å²) in [6.45, 7) is 8.27. The van der Waals surface area contributed by atoms with Gasteiger partial charge in [0.1, 0.15) is 0 Å². The van der Waals surface area contributed by atoms with Gasteiger partial charge in [-0.05, 0) is 37.6 Å². The lowest BCUT2D eigenvalue weighted by atomic mass is 9.87. The van der Waals surface area contributed by atoms with Crippen LogP contribution in [0.5, 0.6) is 0 Å². The van der Waals surface area contributed by atoms with Crippen molar-refractivity contribution in [2.24, 2.45) is 11.8 Å². The Morgan fingerprint density at radius 3 is 2.58 bits per heavy atom. The van der Waals surface area contributed by atoms with Gasteiger partial charge < -0.3 is 5.32 Å². The van der Waals surface area contributed by atoms with Crippen molar-refractivity contribution in [1.29, 1.82) is 0 Å². The normalized spacial score (nSPS) is 26.5. The molecular weight excluding hydrogens is 146 g/mol. The SMILES string of the molecule is CCC(CC1CCCN1)C(C)C. The molecular formula is C11H23N. The molecule has 0 saturated carbocycles. The van der Waals surface area contributed by atoms with Crippen molar-refractivity contribution in [3.8, 4) is 0 Å². The molecule has 72 valence electrons. The Hall–Kier alpha value is -0.0400. The van der Waals surface area contributed by atoms with Gasteiger partial charge in [-0.3, -0.25) is 0 Å². The smallest absolute Gasteiger partial charge is 0.00702 e. The summed E-state index contributed by atoms with van der Waals surface area (Å²) >= 11 is 0. The average molecular weight is 169 g/mol. The zero-order valence-corrected chi connectivity index (χ0v) is 8.77. The second-order valence-corrected chi connectivity index (χ2v) is 4.44. The highest BCUT2D eigenvalue weighted by atomic mass is 14.9. The quantitative estimate of drug-likeness (QED) is 0.682. The topological polar surface area (TPSA) is 12.0 Å². The van der Waals surface area contributed by atoms with Gasteiger partial charge in [0.25, 0.3) is 0 Å². The van der Waals surface area contributed by atoms with Gasteiger partial charge in [-0.25, -0.2) is 0 Å². The fourth-order valence-corrected chi connectivity index (χ4v) is 2.23. The van der Waals surface area contributed by atoms with E-state index in [1.54, 1.807) is 0 Å². The van der Waals surface area contributed by atoms with Crippen LogP contribution in [0.2, 0.25) is 0 Å². The molecule has 1 aliphatic rings. The van der Waals surface area contributed by atoms with E-state index in [4.69, 9.17) is 0 Å². The first-order valence-corrected chi connectivity index (χ1v) is 5.47. The van der Waals surface area contributed by atoms with Crippen LogP contribution in [0, 0.1) is 11.8 Å². The second kappa shape index (κ2) is 4.86. The summed E-state index contributed by atoms with van der Waals surface area (Å²) in [7, 11) is 0. The summed E-state index contributed by atoms with van der Waals surface area (Å²) in [4.78, 5) is 0. The first-order valence-electron chi connectivity index (χ1n) is 5.47. The molecule has 2 unspecified atom stereocenters. The maximum absolute atomic E-state index is 3.58. The molecule has 1 saturated heterocycles. The van der Waals surface area contributed by atoms with Gasteiger partial charge in [-0.15, -0.1) is 0 Å². The van der Waals surface area contributed by atoms with Crippen molar-refractivity contribution in [2.75, 3.05) is 6.54 Å². The number of hydrogen-bond acceptors (Lipinski definition) is 1. The lowest BCUT2D eigenvalue weighted by molar-refractivity contribution is 0.312. The summed E-state index contributed by atoms with van der Waals surface area (Å²) in [6.07, 6.45) is 5.53. The average Bonchev–Trinajstić information content (AvgIpc) is 2.51. The van der Waals surface area contributed by atoms with Crippen LogP contribution in [0.3, 0.4) is 0 Å². The highest BCUT2D eigenvalue weighted by Crippen LogP contribution is 2.23. The van der Waals surface area contributed by atoms with E-state index in [-0.39, 0.29) is 0 Å². The molecule has 1 rings (SSSR count). The van der Waals surface area contributed by atoms with E-state index < -0.39 is 0 Å². The van der Waals surface area contributed by atoms with Crippen LogP contribution in [0.15, 0.2) is 0 Å². The minimum absolute atomic E-state index is 0.831. The van der Waals surface area contributed by atoms with Crippen LogP contribution in [0.4, 0.5) is 0 Å². The van der Waals surface area contributed by atoms with Gasteiger partial charge in [0.2, 0.25) is 0 Å². The Kier molecular flexibility index (Phi) is 4.07. The molecule has 2 atom stereocenters. The first-order chi connectivity index (χ1) is 5.74. The molecule has 1 fully saturated rings. The molecule has 1 heteroatoms. The zero-order chi connectivity index (χ0) is 8.97. The van der Waals surface area contributed by atoms with Gasteiger partial charge in [0.05, 0.1) is 0 Å². The lowest BCUT2D eigenvalue weighted by Crippen LogP contribution is -2.26. The van der Waals surface area contributed by atoms with E-state index in [1.807, 2.05) is 0 Å². The van der Waals surface area contributed by atoms with E-state index in [2.05, 4.69) is 26.1 Å². The largest absolute Gasteiger partial charge is 0.314 e. The zero-order valence-electron chi connectivity index (χ0n) is 8.77. The van der Waals surface area contributed by atoms with Crippen LogP contribution < -0.4 is 5.32 Å². The Bertz CT molecular complexity index is 114.